The molecule has 2 aromatic heterocycles. The molecule has 0 radical (unpaired) electrons. The van der Waals surface area contributed by atoms with Gasteiger partial charge >= 0.3 is 0 Å². The Kier molecular flexibility index (Phi) is 3.46. The van der Waals surface area contributed by atoms with Crippen LogP contribution in [-0.4, -0.2) is 15.1 Å². The lowest BCUT2D eigenvalue weighted by molar-refractivity contribution is 0.376. The average Bonchev–Trinajstić information content (AvgIpc) is 2.79. The lowest BCUT2D eigenvalue weighted by atomic mass is 10.1. The van der Waals surface area contributed by atoms with E-state index < -0.39 is 0 Å². The monoisotopic (exact) mass is 228 g/mol. The number of pyridine rings is 1. The van der Waals surface area contributed by atoms with Crippen LogP contribution in [0.1, 0.15) is 24.3 Å². The summed E-state index contributed by atoms with van der Waals surface area (Å²) in [5, 5.41) is 12.4. The van der Waals surface area contributed by atoms with Gasteiger partial charge in [0.2, 0.25) is 11.7 Å². The fraction of sp³-hybridized carbons (Fsp3) is 0.333. The minimum Gasteiger partial charge on any atom is -0.339 e. The van der Waals surface area contributed by atoms with E-state index >= 15 is 0 Å². The quantitative estimate of drug-likeness (QED) is 0.750. The molecule has 0 atom stereocenters. The van der Waals surface area contributed by atoms with Gasteiger partial charge in [-0.15, -0.1) is 0 Å². The third-order valence-corrected chi connectivity index (χ3v) is 2.43. The first-order chi connectivity index (χ1) is 8.31. The van der Waals surface area contributed by atoms with Crippen LogP contribution in [0.15, 0.2) is 23.0 Å². The number of rotatable bonds is 4. The maximum absolute atomic E-state index is 8.44. The fourth-order valence-electron chi connectivity index (χ4n) is 1.48. The summed E-state index contributed by atoms with van der Waals surface area (Å²) in [5.41, 5.74) is 1.94. The Labute approximate surface area is 99.1 Å². The van der Waals surface area contributed by atoms with Gasteiger partial charge in [-0.3, -0.25) is 4.98 Å². The molecule has 5 nitrogen and oxygen atoms in total. The van der Waals surface area contributed by atoms with Crippen molar-refractivity contribution in [3.8, 4) is 17.5 Å². The van der Waals surface area contributed by atoms with Gasteiger partial charge < -0.3 is 4.52 Å². The number of hydrogen-bond donors (Lipinski definition) is 0. The van der Waals surface area contributed by atoms with Crippen LogP contribution in [-0.2, 0) is 6.42 Å². The lowest BCUT2D eigenvalue weighted by Crippen LogP contribution is -1.88. The van der Waals surface area contributed by atoms with Crippen LogP contribution in [0.25, 0.3) is 11.4 Å². The molecule has 5 heteroatoms. The molecule has 17 heavy (non-hydrogen) atoms. The maximum Gasteiger partial charge on any atom is 0.226 e. The Balaban J connectivity index is 2.14. The van der Waals surface area contributed by atoms with Gasteiger partial charge in [0.1, 0.15) is 0 Å². The van der Waals surface area contributed by atoms with E-state index in [-0.39, 0.29) is 0 Å². The Morgan fingerprint density at radius 3 is 3.12 bits per heavy atom. The first kappa shape index (κ1) is 11.3. The minimum absolute atomic E-state index is 0.504. The maximum atomic E-state index is 8.44. The van der Waals surface area contributed by atoms with Crippen molar-refractivity contribution < 1.29 is 4.52 Å². The molecule has 2 aromatic rings. The third-order valence-electron chi connectivity index (χ3n) is 2.43. The van der Waals surface area contributed by atoms with Crippen molar-refractivity contribution in [1.29, 1.82) is 5.26 Å². The number of nitrogens with zero attached hydrogens (tertiary/aromatic N) is 4. The number of aryl methyl sites for hydroxylation is 2. The molecule has 2 heterocycles. The molecule has 0 aromatic carbocycles. The number of aromatic nitrogens is 3. The molecule has 86 valence electrons. The van der Waals surface area contributed by atoms with Gasteiger partial charge in [0.25, 0.3) is 0 Å². The molecule has 0 fully saturated rings. The van der Waals surface area contributed by atoms with Crippen molar-refractivity contribution in [2.75, 3.05) is 0 Å². The molecule has 0 aliphatic rings. The third kappa shape index (κ3) is 2.67. The molecule has 0 spiro atoms. The second-order valence-corrected chi connectivity index (χ2v) is 3.71. The zero-order valence-electron chi connectivity index (χ0n) is 9.55. The lowest BCUT2D eigenvalue weighted by Gasteiger charge is -1.97. The van der Waals surface area contributed by atoms with Gasteiger partial charge in [-0.2, -0.15) is 10.2 Å². The number of hydrogen-bond acceptors (Lipinski definition) is 5. The summed E-state index contributed by atoms with van der Waals surface area (Å²) in [4.78, 5) is 8.33. The summed E-state index contributed by atoms with van der Waals surface area (Å²) < 4.78 is 5.12. The van der Waals surface area contributed by atoms with Crippen LogP contribution < -0.4 is 0 Å². The molecule has 0 saturated carbocycles. The first-order valence-electron chi connectivity index (χ1n) is 5.42. The summed E-state index contributed by atoms with van der Waals surface area (Å²) in [7, 11) is 0. The Morgan fingerprint density at radius 2 is 2.35 bits per heavy atom. The van der Waals surface area contributed by atoms with E-state index in [0.717, 1.165) is 17.5 Å². The highest BCUT2D eigenvalue weighted by Gasteiger charge is 2.10. The summed E-state index contributed by atoms with van der Waals surface area (Å²) in [6.45, 7) is 1.97. The van der Waals surface area contributed by atoms with E-state index in [1.807, 2.05) is 13.0 Å². The zero-order chi connectivity index (χ0) is 12.1. The van der Waals surface area contributed by atoms with Crippen LogP contribution in [0.4, 0.5) is 0 Å². The largest absolute Gasteiger partial charge is 0.339 e. The van der Waals surface area contributed by atoms with E-state index in [2.05, 4.69) is 21.2 Å². The molecule has 0 aliphatic heterocycles. The fourth-order valence-corrected chi connectivity index (χ4v) is 1.48. The van der Waals surface area contributed by atoms with Gasteiger partial charge in [-0.05, 0) is 25.0 Å². The van der Waals surface area contributed by atoms with Crippen molar-refractivity contribution in [3.05, 3.63) is 29.9 Å². The van der Waals surface area contributed by atoms with Gasteiger partial charge in [-0.25, -0.2) is 0 Å². The number of nitriles is 1. The predicted octanol–water partition coefficient (Wildman–Crippen LogP) is 2.29. The van der Waals surface area contributed by atoms with Gasteiger partial charge in [-0.1, -0.05) is 5.16 Å². The van der Waals surface area contributed by atoms with Crippen LogP contribution in [0, 0.1) is 18.3 Å². The normalized spacial score (nSPS) is 10.1. The standard InChI is InChI=1S/C12H12N4O/c1-9-5-7-14-8-10(9)12-15-11(17-16-12)4-2-3-6-13/h5,7-8H,2-4H2,1H3. The molecule has 0 saturated heterocycles. The Morgan fingerprint density at radius 1 is 1.47 bits per heavy atom. The van der Waals surface area contributed by atoms with E-state index in [1.165, 1.54) is 0 Å². The van der Waals surface area contributed by atoms with Gasteiger partial charge in [0, 0.05) is 30.8 Å². The van der Waals surface area contributed by atoms with Crippen LogP contribution in [0.5, 0.6) is 0 Å². The summed E-state index contributed by atoms with van der Waals surface area (Å²) >= 11 is 0. The van der Waals surface area contributed by atoms with E-state index in [4.69, 9.17) is 9.78 Å². The minimum atomic E-state index is 0.504. The molecule has 0 unspecified atom stereocenters. The smallest absolute Gasteiger partial charge is 0.226 e. The van der Waals surface area contributed by atoms with Gasteiger partial charge in [0.05, 0.1) is 6.07 Å². The van der Waals surface area contributed by atoms with Gasteiger partial charge in [0.15, 0.2) is 0 Å². The van der Waals surface area contributed by atoms with Crippen molar-refractivity contribution in [1.82, 2.24) is 15.1 Å². The van der Waals surface area contributed by atoms with Crippen molar-refractivity contribution >= 4 is 0 Å². The second-order valence-electron chi connectivity index (χ2n) is 3.71. The SMILES string of the molecule is Cc1ccncc1-c1noc(CCCC#N)n1. The summed E-state index contributed by atoms with van der Waals surface area (Å²) in [5.74, 6) is 1.13. The van der Waals surface area contributed by atoms with Crippen LogP contribution in [0.3, 0.4) is 0 Å². The molecular weight excluding hydrogens is 216 g/mol. The topological polar surface area (TPSA) is 75.6 Å². The molecule has 0 bridgehead atoms. The Hall–Kier alpha value is -2.22. The van der Waals surface area contributed by atoms with E-state index in [1.54, 1.807) is 12.4 Å². The highest BCUT2D eigenvalue weighted by molar-refractivity contribution is 5.57. The van der Waals surface area contributed by atoms with Crippen molar-refractivity contribution in [2.45, 2.75) is 26.2 Å². The summed E-state index contributed by atoms with van der Waals surface area (Å²) in [6, 6.07) is 3.99. The molecular formula is C12H12N4O. The summed E-state index contributed by atoms with van der Waals surface area (Å²) in [6.07, 6.45) is 5.33. The Bertz CT molecular complexity index is 541. The average molecular weight is 228 g/mol. The number of unbranched alkanes of at least 4 members (excludes halogenated alkanes) is 1. The van der Waals surface area contributed by atoms with E-state index in [9.17, 15) is 0 Å². The van der Waals surface area contributed by atoms with Crippen molar-refractivity contribution in [2.24, 2.45) is 0 Å². The molecule has 2 rings (SSSR count). The zero-order valence-corrected chi connectivity index (χ0v) is 9.55. The van der Waals surface area contributed by atoms with E-state index in [0.29, 0.717) is 24.6 Å². The van der Waals surface area contributed by atoms with Crippen LogP contribution >= 0.6 is 0 Å². The van der Waals surface area contributed by atoms with Crippen molar-refractivity contribution in [3.63, 3.8) is 0 Å². The molecule has 0 aliphatic carbocycles. The molecule has 0 N–H and O–H groups in total. The van der Waals surface area contributed by atoms with Crippen LogP contribution in [0.2, 0.25) is 0 Å². The predicted molar refractivity (Wildman–Crippen MR) is 60.8 cm³/mol. The molecule has 0 amide bonds. The highest BCUT2D eigenvalue weighted by Crippen LogP contribution is 2.19. The first-order valence-corrected chi connectivity index (χ1v) is 5.42. The highest BCUT2D eigenvalue weighted by atomic mass is 16.5. The second kappa shape index (κ2) is 5.21.